The molecule has 0 bridgehead atoms. The van der Waals surface area contributed by atoms with Crippen molar-refractivity contribution in [3.8, 4) is 17.0 Å². The van der Waals surface area contributed by atoms with Gasteiger partial charge in [-0.1, -0.05) is 31.2 Å². The number of aromatic nitrogens is 2. The maximum Gasteiger partial charge on any atom is 0.164 e. The van der Waals surface area contributed by atoms with Crippen LogP contribution >= 0.6 is 0 Å². The van der Waals surface area contributed by atoms with Crippen LogP contribution in [0.1, 0.15) is 24.6 Å². The van der Waals surface area contributed by atoms with Crippen molar-refractivity contribution in [1.82, 2.24) is 9.78 Å². The summed E-state index contributed by atoms with van der Waals surface area (Å²) in [4.78, 5) is 0. The molecule has 0 amide bonds. The zero-order chi connectivity index (χ0) is 12.4. The molecule has 3 heteroatoms. The van der Waals surface area contributed by atoms with Crippen molar-refractivity contribution in [2.75, 3.05) is 0 Å². The molecule has 1 aromatic heterocycles. The maximum atomic E-state index is 10.1. The number of rotatable bonds is 3. The normalized spacial score (nSPS) is 10.8. The van der Waals surface area contributed by atoms with Crippen LogP contribution in [0.25, 0.3) is 11.3 Å². The van der Waals surface area contributed by atoms with Gasteiger partial charge in [0.25, 0.3) is 0 Å². The summed E-state index contributed by atoms with van der Waals surface area (Å²) in [6, 6.07) is 8.06. The van der Waals surface area contributed by atoms with E-state index in [0.29, 0.717) is 11.4 Å². The Kier molecular flexibility index (Phi) is 3.18. The number of benzene rings is 1. The Labute approximate surface area is 102 Å². The minimum absolute atomic E-state index is 0.299. The maximum absolute atomic E-state index is 10.1. The molecule has 0 spiro atoms. The van der Waals surface area contributed by atoms with Gasteiger partial charge in [0.15, 0.2) is 5.75 Å². The Morgan fingerprint density at radius 1 is 1.24 bits per heavy atom. The summed E-state index contributed by atoms with van der Waals surface area (Å²) in [7, 11) is 0. The fraction of sp³-hybridized carbons (Fsp3) is 0.357. The molecule has 0 atom stereocenters. The van der Waals surface area contributed by atoms with Crippen LogP contribution in [0, 0.1) is 13.8 Å². The van der Waals surface area contributed by atoms with E-state index in [1.54, 1.807) is 0 Å². The van der Waals surface area contributed by atoms with Gasteiger partial charge in [0.1, 0.15) is 11.4 Å². The van der Waals surface area contributed by atoms with E-state index >= 15 is 0 Å². The van der Waals surface area contributed by atoms with Crippen LogP contribution < -0.4 is 0 Å². The molecule has 90 valence electrons. The summed E-state index contributed by atoms with van der Waals surface area (Å²) in [6.45, 7) is 6.82. The van der Waals surface area contributed by atoms with E-state index in [0.717, 1.165) is 29.8 Å². The molecule has 0 aliphatic carbocycles. The quantitative estimate of drug-likeness (QED) is 0.878. The third-order valence-corrected chi connectivity index (χ3v) is 2.93. The van der Waals surface area contributed by atoms with Crippen molar-refractivity contribution in [2.45, 2.75) is 33.7 Å². The lowest BCUT2D eigenvalue weighted by atomic mass is 10.0. The number of aryl methyl sites for hydroxylation is 3. The van der Waals surface area contributed by atoms with Gasteiger partial charge in [0.2, 0.25) is 0 Å². The topological polar surface area (TPSA) is 38.0 Å². The van der Waals surface area contributed by atoms with Gasteiger partial charge in [-0.3, -0.25) is 4.68 Å². The van der Waals surface area contributed by atoms with Crippen molar-refractivity contribution in [3.63, 3.8) is 0 Å². The molecule has 0 radical (unpaired) electrons. The van der Waals surface area contributed by atoms with Crippen LogP contribution in [0.4, 0.5) is 0 Å². The van der Waals surface area contributed by atoms with E-state index in [1.165, 1.54) is 0 Å². The van der Waals surface area contributed by atoms with Gasteiger partial charge in [-0.15, -0.1) is 0 Å². The highest BCUT2D eigenvalue weighted by Crippen LogP contribution is 2.33. The van der Waals surface area contributed by atoms with Crippen LogP contribution in [-0.4, -0.2) is 14.9 Å². The van der Waals surface area contributed by atoms with Gasteiger partial charge in [-0.25, -0.2) is 0 Å². The van der Waals surface area contributed by atoms with Crippen LogP contribution in [0.5, 0.6) is 5.75 Å². The van der Waals surface area contributed by atoms with E-state index in [4.69, 9.17) is 0 Å². The third-order valence-electron chi connectivity index (χ3n) is 2.93. The molecule has 0 fully saturated rings. The molecule has 1 heterocycles. The van der Waals surface area contributed by atoms with Gasteiger partial charge in [-0.2, -0.15) is 5.10 Å². The Balaban J connectivity index is 2.61. The largest absolute Gasteiger partial charge is 0.504 e. The zero-order valence-electron chi connectivity index (χ0n) is 10.6. The van der Waals surface area contributed by atoms with Crippen LogP contribution in [-0.2, 0) is 6.54 Å². The molecular formula is C14H18N2O. The molecule has 2 rings (SSSR count). The second kappa shape index (κ2) is 4.62. The standard InChI is InChI=1S/C14H18N2O/c1-4-9-16-13(14(17)11(3)15-16)12-8-6-5-7-10(12)2/h5-8,17H,4,9H2,1-3H3. The highest BCUT2D eigenvalue weighted by molar-refractivity contribution is 5.70. The molecule has 3 nitrogen and oxygen atoms in total. The van der Waals surface area contributed by atoms with Gasteiger partial charge in [-0.05, 0) is 25.8 Å². The first-order valence-electron chi connectivity index (χ1n) is 5.97. The summed E-state index contributed by atoms with van der Waals surface area (Å²) < 4.78 is 1.90. The fourth-order valence-electron chi connectivity index (χ4n) is 2.05. The van der Waals surface area contributed by atoms with Crippen LogP contribution in [0.2, 0.25) is 0 Å². The molecule has 0 unspecified atom stereocenters. The Hall–Kier alpha value is -1.77. The van der Waals surface area contributed by atoms with Crippen molar-refractivity contribution < 1.29 is 5.11 Å². The molecule has 17 heavy (non-hydrogen) atoms. The number of aromatic hydroxyl groups is 1. The molecule has 1 aromatic carbocycles. The van der Waals surface area contributed by atoms with Crippen molar-refractivity contribution >= 4 is 0 Å². The second-order valence-corrected chi connectivity index (χ2v) is 4.32. The van der Waals surface area contributed by atoms with E-state index in [9.17, 15) is 5.11 Å². The summed E-state index contributed by atoms with van der Waals surface area (Å²) >= 11 is 0. The molecule has 0 aliphatic heterocycles. The molecular weight excluding hydrogens is 212 g/mol. The highest BCUT2D eigenvalue weighted by Gasteiger charge is 2.16. The first-order chi connectivity index (χ1) is 8.15. The Morgan fingerprint density at radius 3 is 2.59 bits per heavy atom. The van der Waals surface area contributed by atoms with E-state index in [2.05, 4.69) is 12.0 Å². The van der Waals surface area contributed by atoms with Gasteiger partial charge in [0.05, 0.1) is 0 Å². The fourth-order valence-corrected chi connectivity index (χ4v) is 2.05. The lowest BCUT2D eigenvalue weighted by molar-refractivity contribution is 0.472. The van der Waals surface area contributed by atoms with E-state index < -0.39 is 0 Å². The lowest BCUT2D eigenvalue weighted by Gasteiger charge is -2.09. The van der Waals surface area contributed by atoms with Crippen molar-refractivity contribution in [2.24, 2.45) is 0 Å². The second-order valence-electron chi connectivity index (χ2n) is 4.32. The van der Waals surface area contributed by atoms with Crippen LogP contribution in [0.15, 0.2) is 24.3 Å². The smallest absolute Gasteiger partial charge is 0.164 e. The summed E-state index contributed by atoms with van der Waals surface area (Å²) in [5, 5.41) is 14.5. The van der Waals surface area contributed by atoms with Crippen LogP contribution in [0.3, 0.4) is 0 Å². The predicted octanol–water partition coefficient (Wildman–Crippen LogP) is 3.28. The number of hydrogen-bond donors (Lipinski definition) is 1. The number of hydrogen-bond acceptors (Lipinski definition) is 2. The van der Waals surface area contributed by atoms with Gasteiger partial charge in [0, 0.05) is 12.1 Å². The molecule has 2 aromatic rings. The van der Waals surface area contributed by atoms with Gasteiger partial charge >= 0.3 is 0 Å². The van der Waals surface area contributed by atoms with E-state index in [-0.39, 0.29) is 0 Å². The summed E-state index contributed by atoms with van der Waals surface area (Å²) in [6.07, 6.45) is 0.999. The Morgan fingerprint density at radius 2 is 1.94 bits per heavy atom. The zero-order valence-corrected chi connectivity index (χ0v) is 10.6. The highest BCUT2D eigenvalue weighted by atomic mass is 16.3. The van der Waals surface area contributed by atoms with Crippen molar-refractivity contribution in [3.05, 3.63) is 35.5 Å². The van der Waals surface area contributed by atoms with Gasteiger partial charge < -0.3 is 5.11 Å². The molecule has 1 N–H and O–H groups in total. The monoisotopic (exact) mass is 230 g/mol. The first kappa shape index (κ1) is 11.7. The van der Waals surface area contributed by atoms with E-state index in [1.807, 2.05) is 42.8 Å². The summed E-state index contributed by atoms with van der Waals surface area (Å²) in [5.74, 6) is 0.299. The minimum Gasteiger partial charge on any atom is -0.504 e. The molecule has 0 saturated heterocycles. The van der Waals surface area contributed by atoms with Crippen molar-refractivity contribution in [1.29, 1.82) is 0 Å². The lowest BCUT2D eigenvalue weighted by Crippen LogP contribution is -2.02. The average Bonchev–Trinajstić information content (AvgIpc) is 2.57. The minimum atomic E-state index is 0.299. The first-order valence-corrected chi connectivity index (χ1v) is 5.97. The SMILES string of the molecule is CCCn1nc(C)c(O)c1-c1ccccc1C. The molecule has 0 aliphatic rings. The third kappa shape index (κ3) is 2.05. The summed E-state index contributed by atoms with van der Waals surface area (Å²) in [5.41, 5.74) is 3.73. The molecule has 0 saturated carbocycles. The predicted molar refractivity (Wildman–Crippen MR) is 69.1 cm³/mol. The average molecular weight is 230 g/mol. The number of nitrogens with zero attached hydrogens (tertiary/aromatic N) is 2. The Bertz CT molecular complexity index is 529.